The zero-order valence-electron chi connectivity index (χ0n) is 12.4. The van der Waals surface area contributed by atoms with Crippen LogP contribution in [0.25, 0.3) is 0 Å². The van der Waals surface area contributed by atoms with Crippen LogP contribution in [0.2, 0.25) is 0 Å². The van der Waals surface area contributed by atoms with E-state index in [0.29, 0.717) is 11.5 Å². The first-order valence-corrected chi connectivity index (χ1v) is 7.41. The molecule has 1 N–H and O–H groups in total. The van der Waals surface area contributed by atoms with Gasteiger partial charge in [-0.05, 0) is 23.8 Å². The average Bonchev–Trinajstić information content (AvgIpc) is 2.54. The molecule has 0 saturated heterocycles. The Kier molecular flexibility index (Phi) is 5.58. The zero-order chi connectivity index (χ0) is 16.8. The minimum atomic E-state index is -1.30. The average molecular weight is 336 g/mol. The highest BCUT2D eigenvalue weighted by molar-refractivity contribution is 8.15. The second kappa shape index (κ2) is 7.63. The number of amides is 1. The van der Waals surface area contributed by atoms with Crippen LogP contribution in [-0.4, -0.2) is 42.7 Å². The van der Waals surface area contributed by atoms with Crippen LogP contribution in [0.5, 0.6) is 11.5 Å². The van der Waals surface area contributed by atoms with Gasteiger partial charge in [-0.15, -0.1) is 5.10 Å². The van der Waals surface area contributed by atoms with Crippen molar-refractivity contribution in [2.24, 2.45) is 10.1 Å². The number of rotatable bonds is 5. The molecule has 0 fully saturated rings. The van der Waals surface area contributed by atoms with Crippen molar-refractivity contribution < 1.29 is 24.2 Å². The Morgan fingerprint density at radius 3 is 2.83 bits per heavy atom. The molecule has 2 rings (SSSR count). The minimum absolute atomic E-state index is 0.255. The molecule has 1 aliphatic rings. The van der Waals surface area contributed by atoms with Crippen LogP contribution in [0.1, 0.15) is 12.0 Å². The van der Waals surface area contributed by atoms with Crippen molar-refractivity contribution in [3.63, 3.8) is 0 Å². The summed E-state index contributed by atoms with van der Waals surface area (Å²) < 4.78 is 10.3. The molecule has 0 aliphatic carbocycles. The van der Waals surface area contributed by atoms with Gasteiger partial charge in [-0.25, -0.2) is 10.4 Å². The van der Waals surface area contributed by atoms with Crippen molar-refractivity contribution >= 4 is 35.0 Å². The van der Waals surface area contributed by atoms with Gasteiger partial charge >= 0.3 is 0 Å². The monoisotopic (exact) mass is 336 g/mol. The summed E-state index contributed by atoms with van der Waals surface area (Å²) in [5, 5.41) is 13.8. The normalized spacial score (nSPS) is 17.6. The van der Waals surface area contributed by atoms with Crippen molar-refractivity contribution in [3.05, 3.63) is 23.8 Å². The predicted molar refractivity (Wildman–Crippen MR) is 83.7 cm³/mol. The largest absolute Gasteiger partial charge is 0.550 e. The van der Waals surface area contributed by atoms with Gasteiger partial charge in [-0.2, -0.15) is 0 Å². The summed E-state index contributed by atoms with van der Waals surface area (Å²) in [6, 6.07) is 5.24. The fraction of sp³-hybridized carbons (Fsp3) is 0.286. The topological polar surface area (TPSA) is 112 Å². The third-order valence-electron chi connectivity index (χ3n) is 2.89. The maximum absolute atomic E-state index is 11.5. The minimum Gasteiger partial charge on any atom is -0.550 e. The molecular weight excluding hydrogens is 322 g/mol. The summed E-state index contributed by atoms with van der Waals surface area (Å²) in [6.07, 6.45) is 1.13. The quantitative estimate of drug-likeness (QED) is 0.743. The van der Waals surface area contributed by atoms with E-state index < -0.39 is 23.5 Å². The second-order valence-electron chi connectivity index (χ2n) is 4.43. The van der Waals surface area contributed by atoms with E-state index >= 15 is 0 Å². The van der Waals surface area contributed by atoms with E-state index in [9.17, 15) is 14.7 Å². The predicted octanol–water partition coefficient (Wildman–Crippen LogP) is -0.235. The second-order valence-corrected chi connectivity index (χ2v) is 5.60. The molecule has 0 saturated carbocycles. The first kappa shape index (κ1) is 16.8. The summed E-state index contributed by atoms with van der Waals surface area (Å²) in [6.45, 7) is 0. The number of aliphatic carboxylic acids is 1. The third-order valence-corrected chi connectivity index (χ3v) is 3.96. The van der Waals surface area contributed by atoms with E-state index in [1.165, 1.54) is 13.3 Å². The van der Waals surface area contributed by atoms with E-state index in [1.807, 2.05) is 0 Å². The lowest BCUT2D eigenvalue weighted by molar-refractivity contribution is -0.305. The lowest BCUT2D eigenvalue weighted by Crippen LogP contribution is -2.38. The molecule has 23 heavy (non-hydrogen) atoms. The van der Waals surface area contributed by atoms with Crippen LogP contribution in [0, 0.1) is 0 Å². The number of benzene rings is 1. The molecule has 0 bridgehead atoms. The Balaban J connectivity index is 2.11. The molecule has 9 heteroatoms. The first-order valence-electron chi connectivity index (χ1n) is 6.53. The molecule has 0 aromatic heterocycles. The van der Waals surface area contributed by atoms with Gasteiger partial charge in [-0.3, -0.25) is 4.79 Å². The molecule has 1 aromatic rings. The van der Waals surface area contributed by atoms with Gasteiger partial charge in [0.2, 0.25) is 5.17 Å². The lowest BCUT2D eigenvalue weighted by Gasteiger charge is -2.18. The van der Waals surface area contributed by atoms with Gasteiger partial charge in [0.05, 0.1) is 19.5 Å². The maximum Gasteiger partial charge on any atom is 0.254 e. The molecule has 0 unspecified atom stereocenters. The van der Waals surface area contributed by atoms with Crippen LogP contribution in [0.15, 0.2) is 28.3 Å². The summed E-state index contributed by atoms with van der Waals surface area (Å²) in [7, 11) is 3.07. The standard InChI is InChI=1S/C14H15N3O5S/c1-21-9-4-3-8(5-10(9)22-2)7-15-14-17-16-13(20)11(23-14)6-12(18)19/h3-5,7,11H,6H2,1-2H3,(H,16,20)(H,18,19)/p-1/t11-/m0/s1. The number of hydrogen-bond acceptors (Lipinski definition) is 8. The number of carbonyl (C=O) groups excluding carboxylic acids is 2. The number of ether oxygens (including phenoxy) is 2. The van der Waals surface area contributed by atoms with Crippen molar-refractivity contribution in [3.8, 4) is 11.5 Å². The highest BCUT2D eigenvalue weighted by Crippen LogP contribution is 2.27. The maximum atomic E-state index is 11.5. The summed E-state index contributed by atoms with van der Waals surface area (Å²) >= 11 is 0.968. The molecule has 1 atom stereocenters. The van der Waals surface area contributed by atoms with Crippen LogP contribution in [-0.2, 0) is 9.59 Å². The van der Waals surface area contributed by atoms with Gasteiger partial charge in [0, 0.05) is 18.6 Å². The van der Waals surface area contributed by atoms with Crippen LogP contribution >= 0.6 is 11.8 Å². The molecule has 1 amide bonds. The molecule has 0 radical (unpaired) electrons. The third kappa shape index (κ3) is 4.46. The number of hydrogen-bond donors (Lipinski definition) is 1. The van der Waals surface area contributed by atoms with Gasteiger partial charge < -0.3 is 19.4 Å². The molecule has 1 aliphatic heterocycles. The van der Waals surface area contributed by atoms with Crippen molar-refractivity contribution in [2.75, 3.05) is 14.2 Å². The van der Waals surface area contributed by atoms with E-state index in [0.717, 1.165) is 17.3 Å². The summed E-state index contributed by atoms with van der Waals surface area (Å²) in [4.78, 5) is 26.3. The van der Waals surface area contributed by atoms with Gasteiger partial charge in [-0.1, -0.05) is 11.8 Å². The first-order chi connectivity index (χ1) is 11.0. The van der Waals surface area contributed by atoms with Gasteiger partial charge in [0.1, 0.15) is 0 Å². The number of nitrogens with zero attached hydrogens (tertiary/aromatic N) is 2. The Hall–Kier alpha value is -2.55. The van der Waals surface area contributed by atoms with Crippen molar-refractivity contribution in [1.29, 1.82) is 0 Å². The summed E-state index contributed by atoms with van der Waals surface area (Å²) in [5.41, 5.74) is 2.98. The Bertz CT molecular complexity index is 674. The number of carboxylic acid groups (broad SMARTS) is 1. The van der Waals surface area contributed by atoms with Crippen molar-refractivity contribution in [1.82, 2.24) is 5.43 Å². The SMILES string of the molecule is COc1ccc(C=NC2=NNC(=O)[C@H](CC(=O)[O-])S2)cc1OC. The molecular formula is C14H14N3O5S-. The number of aliphatic imine (C=N–C) groups is 1. The molecule has 122 valence electrons. The smallest absolute Gasteiger partial charge is 0.254 e. The number of carbonyl (C=O) groups is 2. The number of amidine groups is 1. The molecule has 1 heterocycles. The van der Waals surface area contributed by atoms with E-state index in [1.54, 1.807) is 25.3 Å². The number of methoxy groups -OCH3 is 2. The Labute approximate surface area is 136 Å². The van der Waals surface area contributed by atoms with Gasteiger partial charge in [0.15, 0.2) is 11.5 Å². The van der Waals surface area contributed by atoms with E-state index in [-0.39, 0.29) is 5.17 Å². The van der Waals surface area contributed by atoms with Crippen molar-refractivity contribution in [2.45, 2.75) is 11.7 Å². The molecule has 0 spiro atoms. The van der Waals surface area contributed by atoms with E-state index in [2.05, 4.69) is 15.5 Å². The Morgan fingerprint density at radius 1 is 1.43 bits per heavy atom. The highest BCUT2D eigenvalue weighted by Gasteiger charge is 2.25. The fourth-order valence-corrected chi connectivity index (χ4v) is 2.64. The molecule has 8 nitrogen and oxygen atoms in total. The number of thioether (sulfide) groups is 1. The number of nitrogens with one attached hydrogen (secondary N) is 1. The zero-order valence-corrected chi connectivity index (χ0v) is 13.3. The number of hydrazone groups is 1. The van der Waals surface area contributed by atoms with E-state index in [4.69, 9.17) is 9.47 Å². The summed E-state index contributed by atoms with van der Waals surface area (Å²) in [5.74, 6) is -0.639. The highest BCUT2D eigenvalue weighted by atomic mass is 32.2. The van der Waals surface area contributed by atoms with Crippen LogP contribution in [0.3, 0.4) is 0 Å². The Morgan fingerprint density at radius 2 is 2.17 bits per heavy atom. The number of carboxylic acids is 1. The molecule has 1 aromatic carbocycles. The fourth-order valence-electron chi connectivity index (χ4n) is 1.79. The van der Waals surface area contributed by atoms with Crippen LogP contribution in [0.4, 0.5) is 0 Å². The van der Waals surface area contributed by atoms with Gasteiger partial charge in [0.25, 0.3) is 5.91 Å². The lowest BCUT2D eigenvalue weighted by atomic mass is 10.2. The van der Waals surface area contributed by atoms with Crippen LogP contribution < -0.4 is 20.0 Å².